The zero-order chi connectivity index (χ0) is 15.4. The van der Waals surface area contributed by atoms with Crippen LogP contribution < -0.4 is 5.32 Å². The summed E-state index contributed by atoms with van der Waals surface area (Å²) in [5.41, 5.74) is 0.957. The maximum absolute atomic E-state index is 12.2. The molecule has 0 aliphatic carbocycles. The van der Waals surface area contributed by atoms with Gasteiger partial charge in [-0.2, -0.15) is 0 Å². The highest BCUT2D eigenvalue weighted by Gasteiger charge is 2.24. The lowest BCUT2D eigenvalue weighted by molar-refractivity contribution is 0.0692. The van der Waals surface area contributed by atoms with Crippen molar-refractivity contribution in [2.45, 2.75) is 26.2 Å². The molecule has 4 N–H and O–H groups in total. The maximum atomic E-state index is 12.2. The van der Waals surface area contributed by atoms with Crippen LogP contribution in [0.25, 0.3) is 0 Å². The van der Waals surface area contributed by atoms with E-state index >= 15 is 0 Å². The zero-order valence-corrected chi connectivity index (χ0v) is 12.1. The van der Waals surface area contributed by atoms with Gasteiger partial charge in [-0.25, -0.2) is 9.59 Å². The molecule has 7 nitrogen and oxygen atoms in total. The predicted octanol–water partition coefficient (Wildman–Crippen LogP) is 1.65. The number of hydrogen-bond acceptors (Lipinski definition) is 3. The molecule has 0 radical (unpaired) electrons. The molecule has 2 rings (SSSR count). The van der Waals surface area contributed by atoms with Crippen LogP contribution in [-0.2, 0) is 0 Å². The van der Waals surface area contributed by atoms with Gasteiger partial charge < -0.3 is 25.4 Å². The van der Waals surface area contributed by atoms with E-state index in [2.05, 4.69) is 10.3 Å². The van der Waals surface area contributed by atoms with E-state index in [1.807, 2.05) is 0 Å². The van der Waals surface area contributed by atoms with E-state index in [0.717, 1.165) is 12.8 Å². The lowest BCUT2D eigenvalue weighted by Crippen LogP contribution is -2.42. The Bertz CT molecular complexity index is 524. The third-order valence-corrected chi connectivity index (χ3v) is 3.75. The lowest BCUT2D eigenvalue weighted by Gasteiger charge is -2.32. The Kier molecular flexibility index (Phi) is 4.85. The summed E-state index contributed by atoms with van der Waals surface area (Å²) in [6.45, 7) is 3.11. The number of aromatic amines is 1. The third kappa shape index (κ3) is 3.75. The molecule has 0 bridgehead atoms. The first-order chi connectivity index (χ1) is 10.0. The normalized spacial score (nSPS) is 18.6. The summed E-state index contributed by atoms with van der Waals surface area (Å²) >= 11 is 0. The Labute approximate surface area is 123 Å². The van der Waals surface area contributed by atoms with Crippen molar-refractivity contribution >= 4 is 17.7 Å². The first kappa shape index (κ1) is 15.4. The van der Waals surface area contributed by atoms with Gasteiger partial charge in [0.15, 0.2) is 0 Å². The first-order valence-electron chi connectivity index (χ1n) is 7.11. The smallest absolute Gasteiger partial charge is 0.354 e. The van der Waals surface area contributed by atoms with Crippen LogP contribution in [0, 0.1) is 12.8 Å². The number of carbonyl (C=O) groups excluding carboxylic acids is 1. The quantitative estimate of drug-likeness (QED) is 0.677. The van der Waals surface area contributed by atoms with Crippen molar-refractivity contribution in [3.05, 3.63) is 17.5 Å². The Morgan fingerprint density at radius 2 is 2.29 bits per heavy atom. The van der Waals surface area contributed by atoms with Crippen LogP contribution >= 0.6 is 0 Å². The molecule has 0 saturated carbocycles. The van der Waals surface area contributed by atoms with E-state index in [1.54, 1.807) is 17.9 Å². The molecule has 116 valence electrons. The van der Waals surface area contributed by atoms with Crippen LogP contribution in [0.4, 0.5) is 10.5 Å². The van der Waals surface area contributed by atoms with Crippen molar-refractivity contribution in [1.82, 2.24) is 9.88 Å². The zero-order valence-electron chi connectivity index (χ0n) is 12.1. The molecule has 1 atom stereocenters. The molecule has 1 fully saturated rings. The fourth-order valence-electron chi connectivity index (χ4n) is 2.72. The number of carboxylic acids is 1. The van der Waals surface area contributed by atoms with Gasteiger partial charge in [0.25, 0.3) is 0 Å². The summed E-state index contributed by atoms with van der Waals surface area (Å²) in [5.74, 6) is -0.795. The standard InChI is InChI=1S/C14H21N3O4/c1-9-7-11(12(15-9)13(19)20)16-14(21)17-5-2-3-10(8-17)4-6-18/h7,10,15,18H,2-6,8H2,1H3,(H,16,21)(H,19,20). The number of hydrogen-bond donors (Lipinski definition) is 4. The molecule has 2 heterocycles. The number of H-pyrrole nitrogens is 1. The van der Waals surface area contributed by atoms with E-state index in [-0.39, 0.29) is 24.0 Å². The van der Waals surface area contributed by atoms with Gasteiger partial charge in [0.2, 0.25) is 0 Å². The summed E-state index contributed by atoms with van der Waals surface area (Å²) in [6.07, 6.45) is 2.59. The van der Waals surface area contributed by atoms with Crippen molar-refractivity contribution in [3.63, 3.8) is 0 Å². The largest absolute Gasteiger partial charge is 0.477 e. The van der Waals surface area contributed by atoms with E-state index in [9.17, 15) is 9.59 Å². The molecule has 1 aliphatic heterocycles. The molecule has 1 aliphatic rings. The number of urea groups is 1. The number of aromatic nitrogens is 1. The van der Waals surface area contributed by atoms with Crippen LogP contribution in [0.2, 0.25) is 0 Å². The number of aliphatic hydroxyl groups is 1. The number of likely N-dealkylation sites (tertiary alicyclic amines) is 1. The maximum Gasteiger partial charge on any atom is 0.354 e. The average molecular weight is 295 g/mol. The van der Waals surface area contributed by atoms with Crippen LogP contribution in [0.3, 0.4) is 0 Å². The van der Waals surface area contributed by atoms with E-state index in [0.29, 0.717) is 31.1 Å². The lowest BCUT2D eigenvalue weighted by atomic mass is 9.95. The molecule has 2 amide bonds. The molecule has 0 spiro atoms. The number of piperidine rings is 1. The van der Waals surface area contributed by atoms with Crippen molar-refractivity contribution in [1.29, 1.82) is 0 Å². The van der Waals surface area contributed by atoms with E-state index < -0.39 is 5.97 Å². The van der Waals surface area contributed by atoms with Gasteiger partial charge in [0, 0.05) is 25.4 Å². The van der Waals surface area contributed by atoms with Crippen LogP contribution in [0.5, 0.6) is 0 Å². The minimum Gasteiger partial charge on any atom is -0.477 e. The van der Waals surface area contributed by atoms with Gasteiger partial charge in [0.1, 0.15) is 5.69 Å². The second kappa shape index (κ2) is 6.62. The van der Waals surface area contributed by atoms with Crippen molar-refractivity contribution in [2.24, 2.45) is 5.92 Å². The van der Waals surface area contributed by atoms with Gasteiger partial charge in [0.05, 0.1) is 5.69 Å². The Balaban J connectivity index is 2.02. The number of carboxylic acid groups (broad SMARTS) is 1. The molecular formula is C14H21N3O4. The summed E-state index contributed by atoms with van der Waals surface area (Å²) in [5, 5.41) is 20.7. The fourth-order valence-corrected chi connectivity index (χ4v) is 2.72. The average Bonchev–Trinajstić information content (AvgIpc) is 2.80. The summed E-state index contributed by atoms with van der Waals surface area (Å²) in [7, 11) is 0. The van der Waals surface area contributed by atoms with Gasteiger partial charge in [-0.3, -0.25) is 0 Å². The predicted molar refractivity (Wildman–Crippen MR) is 77.5 cm³/mol. The number of nitrogens with one attached hydrogen (secondary N) is 2. The van der Waals surface area contributed by atoms with E-state index in [4.69, 9.17) is 10.2 Å². The highest BCUT2D eigenvalue weighted by molar-refractivity contribution is 5.99. The van der Waals surface area contributed by atoms with Crippen molar-refractivity contribution in [2.75, 3.05) is 25.0 Å². The molecule has 7 heteroatoms. The monoisotopic (exact) mass is 295 g/mol. The number of amides is 2. The molecule has 21 heavy (non-hydrogen) atoms. The second-order valence-electron chi connectivity index (χ2n) is 5.44. The number of rotatable bonds is 4. The third-order valence-electron chi connectivity index (χ3n) is 3.75. The minimum absolute atomic E-state index is 0.00947. The van der Waals surface area contributed by atoms with Crippen molar-refractivity contribution in [3.8, 4) is 0 Å². The Morgan fingerprint density at radius 1 is 1.52 bits per heavy atom. The Hall–Kier alpha value is -2.02. The Morgan fingerprint density at radius 3 is 2.95 bits per heavy atom. The number of anilines is 1. The molecule has 0 aromatic carbocycles. The first-order valence-corrected chi connectivity index (χ1v) is 7.11. The van der Waals surface area contributed by atoms with Gasteiger partial charge in [-0.1, -0.05) is 0 Å². The fraction of sp³-hybridized carbons (Fsp3) is 0.571. The van der Waals surface area contributed by atoms with Gasteiger partial charge >= 0.3 is 12.0 Å². The van der Waals surface area contributed by atoms with Gasteiger partial charge in [-0.05, 0) is 38.2 Å². The number of aryl methyl sites for hydroxylation is 1. The second-order valence-corrected chi connectivity index (χ2v) is 5.44. The number of carbonyl (C=O) groups is 2. The topological polar surface area (TPSA) is 106 Å². The van der Waals surface area contributed by atoms with Crippen molar-refractivity contribution < 1.29 is 19.8 Å². The molecule has 1 aromatic rings. The number of aromatic carboxylic acids is 1. The highest BCUT2D eigenvalue weighted by Crippen LogP contribution is 2.22. The minimum atomic E-state index is -1.10. The SMILES string of the molecule is Cc1cc(NC(=O)N2CCCC(CCO)C2)c(C(=O)O)[nH]1. The van der Waals surface area contributed by atoms with Gasteiger partial charge in [-0.15, -0.1) is 0 Å². The van der Waals surface area contributed by atoms with Crippen LogP contribution in [0.1, 0.15) is 35.4 Å². The summed E-state index contributed by atoms with van der Waals surface area (Å²) in [6, 6.07) is 1.32. The van der Waals surface area contributed by atoms with Crippen LogP contribution in [0.15, 0.2) is 6.07 Å². The highest BCUT2D eigenvalue weighted by atomic mass is 16.4. The summed E-state index contributed by atoms with van der Waals surface area (Å²) < 4.78 is 0. The number of aliphatic hydroxyl groups excluding tert-OH is 1. The van der Waals surface area contributed by atoms with Crippen LogP contribution in [-0.4, -0.2) is 51.8 Å². The molecular weight excluding hydrogens is 274 g/mol. The molecule has 1 aromatic heterocycles. The number of nitrogens with zero attached hydrogens (tertiary/aromatic N) is 1. The summed E-state index contributed by atoms with van der Waals surface area (Å²) in [4.78, 5) is 27.7. The molecule has 1 saturated heterocycles. The molecule has 1 unspecified atom stereocenters. The van der Waals surface area contributed by atoms with E-state index in [1.165, 1.54) is 0 Å².